The lowest BCUT2D eigenvalue weighted by Crippen LogP contribution is -2.43. The first kappa shape index (κ1) is 20.9. The molecule has 1 N–H and O–H groups in total. The molecular weight excluding hydrogens is 364 g/mol. The minimum atomic E-state index is -0.0104. The SMILES string of the molecule is COc1cccc(CCNC(=O)C2CCN(C(=O)Cc3ccc(C)cc3)CC2)c1. The lowest BCUT2D eigenvalue weighted by molar-refractivity contribution is -0.135. The number of rotatable bonds is 7. The van der Waals surface area contributed by atoms with Gasteiger partial charge in [0.1, 0.15) is 5.75 Å². The van der Waals surface area contributed by atoms with Crippen molar-refractivity contribution in [1.82, 2.24) is 10.2 Å². The van der Waals surface area contributed by atoms with Gasteiger partial charge in [-0.1, -0.05) is 42.0 Å². The van der Waals surface area contributed by atoms with E-state index in [1.165, 1.54) is 5.56 Å². The Bertz CT molecular complexity index is 824. The second-order valence-corrected chi connectivity index (χ2v) is 7.71. The Kier molecular flexibility index (Phi) is 7.28. The molecule has 2 amide bonds. The molecule has 0 saturated carbocycles. The van der Waals surface area contributed by atoms with Gasteiger partial charge in [0.25, 0.3) is 0 Å². The van der Waals surface area contributed by atoms with Gasteiger partial charge in [0.15, 0.2) is 0 Å². The first-order chi connectivity index (χ1) is 14.0. The van der Waals surface area contributed by atoms with Crippen LogP contribution in [0.5, 0.6) is 5.75 Å². The average molecular weight is 395 g/mol. The highest BCUT2D eigenvalue weighted by atomic mass is 16.5. The minimum absolute atomic E-state index is 0.0104. The summed E-state index contributed by atoms with van der Waals surface area (Å²) in [5.41, 5.74) is 3.37. The molecule has 1 saturated heterocycles. The predicted molar refractivity (Wildman–Crippen MR) is 114 cm³/mol. The third kappa shape index (κ3) is 6.08. The number of ether oxygens (including phenoxy) is 1. The van der Waals surface area contributed by atoms with Gasteiger partial charge in [-0.2, -0.15) is 0 Å². The van der Waals surface area contributed by atoms with Crippen LogP contribution in [0.2, 0.25) is 0 Å². The van der Waals surface area contributed by atoms with E-state index >= 15 is 0 Å². The maximum absolute atomic E-state index is 12.5. The fourth-order valence-electron chi connectivity index (χ4n) is 3.69. The molecule has 0 aromatic heterocycles. The minimum Gasteiger partial charge on any atom is -0.497 e. The van der Waals surface area contributed by atoms with Crippen molar-refractivity contribution in [1.29, 1.82) is 0 Å². The monoisotopic (exact) mass is 394 g/mol. The molecule has 1 aliphatic heterocycles. The summed E-state index contributed by atoms with van der Waals surface area (Å²) >= 11 is 0. The molecule has 154 valence electrons. The molecule has 2 aromatic rings. The van der Waals surface area contributed by atoms with Crippen LogP contribution in [-0.2, 0) is 22.4 Å². The quantitative estimate of drug-likeness (QED) is 0.785. The summed E-state index contributed by atoms with van der Waals surface area (Å²) in [7, 11) is 1.65. The molecule has 5 nitrogen and oxygen atoms in total. The largest absolute Gasteiger partial charge is 0.497 e. The Morgan fingerprint density at radius 2 is 1.79 bits per heavy atom. The van der Waals surface area contributed by atoms with Crippen molar-refractivity contribution in [2.75, 3.05) is 26.7 Å². The molecule has 0 unspecified atom stereocenters. The number of carbonyl (C=O) groups excluding carboxylic acids is 2. The van der Waals surface area contributed by atoms with Crippen molar-refractivity contribution in [3.63, 3.8) is 0 Å². The van der Waals surface area contributed by atoms with Crippen molar-refractivity contribution >= 4 is 11.8 Å². The summed E-state index contributed by atoms with van der Waals surface area (Å²) in [6.07, 6.45) is 2.66. The molecule has 0 bridgehead atoms. The molecule has 0 spiro atoms. The Balaban J connectivity index is 1.39. The van der Waals surface area contributed by atoms with Crippen molar-refractivity contribution < 1.29 is 14.3 Å². The van der Waals surface area contributed by atoms with Gasteiger partial charge < -0.3 is 15.0 Å². The highest BCUT2D eigenvalue weighted by Crippen LogP contribution is 2.19. The van der Waals surface area contributed by atoms with Crippen LogP contribution in [0.3, 0.4) is 0 Å². The highest BCUT2D eigenvalue weighted by molar-refractivity contribution is 5.81. The normalized spacial score (nSPS) is 14.5. The van der Waals surface area contributed by atoms with Gasteiger partial charge in [0.05, 0.1) is 13.5 Å². The van der Waals surface area contributed by atoms with Crippen molar-refractivity contribution in [3.8, 4) is 5.75 Å². The van der Waals surface area contributed by atoms with Crippen LogP contribution in [0.4, 0.5) is 0 Å². The fourth-order valence-corrected chi connectivity index (χ4v) is 3.69. The number of hydrogen-bond acceptors (Lipinski definition) is 3. The molecule has 0 atom stereocenters. The third-order valence-corrected chi connectivity index (χ3v) is 5.54. The maximum Gasteiger partial charge on any atom is 0.226 e. The number of benzene rings is 2. The van der Waals surface area contributed by atoms with E-state index in [0.29, 0.717) is 26.1 Å². The number of piperidine rings is 1. The van der Waals surface area contributed by atoms with Crippen LogP contribution >= 0.6 is 0 Å². The zero-order valence-electron chi connectivity index (χ0n) is 17.3. The van der Waals surface area contributed by atoms with Crippen LogP contribution in [0.1, 0.15) is 29.5 Å². The molecule has 1 fully saturated rings. The van der Waals surface area contributed by atoms with E-state index in [4.69, 9.17) is 4.74 Å². The van der Waals surface area contributed by atoms with Crippen LogP contribution in [0, 0.1) is 12.8 Å². The maximum atomic E-state index is 12.5. The molecule has 1 heterocycles. The smallest absolute Gasteiger partial charge is 0.226 e. The number of nitrogens with zero attached hydrogens (tertiary/aromatic N) is 1. The van der Waals surface area contributed by atoms with E-state index in [1.807, 2.05) is 60.4 Å². The average Bonchev–Trinajstić information content (AvgIpc) is 2.75. The number of carbonyl (C=O) groups is 2. The number of amides is 2. The summed E-state index contributed by atoms with van der Waals surface area (Å²) in [5, 5.41) is 3.04. The second kappa shape index (κ2) is 10.1. The summed E-state index contributed by atoms with van der Waals surface area (Å²) in [6, 6.07) is 16.0. The van der Waals surface area contributed by atoms with Crippen molar-refractivity contribution in [2.24, 2.45) is 5.92 Å². The number of methoxy groups -OCH3 is 1. The molecule has 1 aliphatic rings. The summed E-state index contributed by atoms with van der Waals surface area (Å²) < 4.78 is 5.23. The van der Waals surface area contributed by atoms with E-state index in [2.05, 4.69) is 5.32 Å². The van der Waals surface area contributed by atoms with Gasteiger partial charge in [0.2, 0.25) is 11.8 Å². The second-order valence-electron chi connectivity index (χ2n) is 7.71. The lowest BCUT2D eigenvalue weighted by Gasteiger charge is -2.31. The third-order valence-electron chi connectivity index (χ3n) is 5.54. The zero-order chi connectivity index (χ0) is 20.6. The number of hydrogen-bond donors (Lipinski definition) is 1. The van der Waals surface area contributed by atoms with E-state index in [9.17, 15) is 9.59 Å². The number of nitrogens with one attached hydrogen (secondary N) is 1. The van der Waals surface area contributed by atoms with Gasteiger partial charge >= 0.3 is 0 Å². The van der Waals surface area contributed by atoms with E-state index in [-0.39, 0.29) is 17.7 Å². The van der Waals surface area contributed by atoms with Crippen LogP contribution < -0.4 is 10.1 Å². The summed E-state index contributed by atoms with van der Waals surface area (Å²) in [6.45, 7) is 3.95. The van der Waals surface area contributed by atoms with Crippen molar-refractivity contribution in [2.45, 2.75) is 32.6 Å². The Morgan fingerprint density at radius 3 is 2.48 bits per heavy atom. The fraction of sp³-hybridized carbons (Fsp3) is 0.417. The molecule has 0 radical (unpaired) electrons. The van der Waals surface area contributed by atoms with Gasteiger partial charge in [-0.3, -0.25) is 9.59 Å². The lowest BCUT2D eigenvalue weighted by atomic mass is 9.95. The van der Waals surface area contributed by atoms with Gasteiger partial charge in [-0.25, -0.2) is 0 Å². The molecule has 3 rings (SSSR count). The van der Waals surface area contributed by atoms with E-state index < -0.39 is 0 Å². The first-order valence-electron chi connectivity index (χ1n) is 10.3. The summed E-state index contributed by atoms with van der Waals surface area (Å²) in [5.74, 6) is 1.06. The Hall–Kier alpha value is -2.82. The molecule has 0 aliphatic carbocycles. The standard InChI is InChI=1S/C24H30N2O3/c1-18-6-8-20(9-7-18)17-23(27)26-14-11-21(12-15-26)24(28)25-13-10-19-4-3-5-22(16-19)29-2/h3-9,16,21H,10-15,17H2,1-2H3,(H,25,28). The van der Waals surface area contributed by atoms with Gasteiger partial charge in [-0.15, -0.1) is 0 Å². The Labute approximate surface area is 173 Å². The van der Waals surface area contributed by atoms with E-state index in [0.717, 1.165) is 36.1 Å². The number of likely N-dealkylation sites (tertiary alicyclic amines) is 1. The van der Waals surface area contributed by atoms with Crippen LogP contribution in [-0.4, -0.2) is 43.5 Å². The van der Waals surface area contributed by atoms with Crippen molar-refractivity contribution in [3.05, 3.63) is 65.2 Å². The van der Waals surface area contributed by atoms with Crippen LogP contribution in [0.25, 0.3) is 0 Å². The van der Waals surface area contributed by atoms with Crippen LogP contribution in [0.15, 0.2) is 48.5 Å². The first-order valence-corrected chi connectivity index (χ1v) is 10.3. The van der Waals surface area contributed by atoms with Gasteiger partial charge in [-0.05, 0) is 49.4 Å². The highest BCUT2D eigenvalue weighted by Gasteiger charge is 2.27. The Morgan fingerprint density at radius 1 is 1.07 bits per heavy atom. The topological polar surface area (TPSA) is 58.6 Å². The van der Waals surface area contributed by atoms with E-state index in [1.54, 1.807) is 7.11 Å². The van der Waals surface area contributed by atoms with Gasteiger partial charge in [0, 0.05) is 25.6 Å². The number of aryl methyl sites for hydroxylation is 1. The molecule has 29 heavy (non-hydrogen) atoms. The molecular formula is C24H30N2O3. The zero-order valence-corrected chi connectivity index (χ0v) is 17.3. The molecule has 2 aromatic carbocycles. The molecule has 5 heteroatoms. The predicted octanol–water partition coefficient (Wildman–Crippen LogP) is 3.14. The summed E-state index contributed by atoms with van der Waals surface area (Å²) in [4.78, 5) is 26.9.